The number of aryl methyl sites for hydroxylation is 1. The lowest BCUT2D eigenvalue weighted by molar-refractivity contribution is -0.124. The zero-order valence-electron chi connectivity index (χ0n) is 14.3. The van der Waals surface area contributed by atoms with Crippen LogP contribution in [0, 0.1) is 18.8 Å². The van der Waals surface area contributed by atoms with E-state index in [0.29, 0.717) is 18.3 Å². The molecule has 134 valence electrons. The molecule has 0 aliphatic carbocycles. The molecule has 0 saturated carbocycles. The lowest BCUT2D eigenvalue weighted by atomic mass is 9.85. The van der Waals surface area contributed by atoms with Gasteiger partial charge in [-0.2, -0.15) is 0 Å². The molecule has 1 aromatic heterocycles. The van der Waals surface area contributed by atoms with Crippen molar-refractivity contribution in [2.75, 3.05) is 13.1 Å². The molecule has 2 heterocycles. The van der Waals surface area contributed by atoms with Crippen LogP contribution in [-0.2, 0) is 10.3 Å². The maximum Gasteiger partial charge on any atom is 0.221 e. The molecular weight excluding hydrogens is 353 g/mol. The van der Waals surface area contributed by atoms with Gasteiger partial charge in [-0.1, -0.05) is 6.92 Å². The van der Waals surface area contributed by atoms with E-state index in [2.05, 4.69) is 22.5 Å². The number of nitrogens with one attached hydrogen (secondary N) is 2. The van der Waals surface area contributed by atoms with Crippen molar-refractivity contribution in [2.24, 2.45) is 11.8 Å². The summed E-state index contributed by atoms with van der Waals surface area (Å²) in [5, 5.41) is 9.57. The Labute approximate surface area is 156 Å². The molecule has 1 aliphatic heterocycles. The zero-order chi connectivity index (χ0) is 15.5. The molecule has 0 bridgehead atoms. The Morgan fingerprint density at radius 3 is 2.74 bits per heavy atom. The third-order valence-corrected chi connectivity index (χ3v) is 5.54. The van der Waals surface area contributed by atoms with Crippen LogP contribution >= 0.6 is 36.2 Å². The van der Waals surface area contributed by atoms with Crippen molar-refractivity contribution in [3.63, 3.8) is 0 Å². The van der Waals surface area contributed by atoms with E-state index < -0.39 is 0 Å². The molecule has 2 N–H and O–H groups in total. The molecule has 7 heteroatoms. The van der Waals surface area contributed by atoms with E-state index >= 15 is 0 Å². The monoisotopic (exact) mass is 381 g/mol. The van der Waals surface area contributed by atoms with Crippen molar-refractivity contribution in [1.29, 1.82) is 0 Å². The van der Waals surface area contributed by atoms with Crippen molar-refractivity contribution in [3.8, 4) is 0 Å². The molecule has 1 aromatic rings. The van der Waals surface area contributed by atoms with E-state index in [0.717, 1.165) is 23.8 Å². The van der Waals surface area contributed by atoms with Gasteiger partial charge < -0.3 is 10.6 Å². The van der Waals surface area contributed by atoms with Gasteiger partial charge in [-0.15, -0.1) is 36.2 Å². The van der Waals surface area contributed by atoms with Crippen LogP contribution in [0.15, 0.2) is 5.38 Å². The van der Waals surface area contributed by atoms with Gasteiger partial charge in [-0.05, 0) is 58.5 Å². The highest BCUT2D eigenvalue weighted by molar-refractivity contribution is 7.09. The van der Waals surface area contributed by atoms with E-state index in [1.54, 1.807) is 11.3 Å². The molecule has 1 fully saturated rings. The molecule has 1 saturated heterocycles. The summed E-state index contributed by atoms with van der Waals surface area (Å²) in [6.45, 7) is 10.4. The summed E-state index contributed by atoms with van der Waals surface area (Å²) in [6.07, 6.45) is 3.05. The Kier molecular flexibility index (Phi) is 9.67. The third kappa shape index (κ3) is 6.57. The van der Waals surface area contributed by atoms with Crippen LogP contribution in [0.5, 0.6) is 0 Å². The highest BCUT2D eigenvalue weighted by atomic mass is 35.5. The SMILES string of the molecule is Cc1csc(C(C)(C)NC(=O)CC(C)C2CCCNC2)n1.Cl.Cl. The Bertz CT molecular complexity index is 487. The quantitative estimate of drug-likeness (QED) is 0.817. The van der Waals surface area contributed by atoms with Gasteiger partial charge in [-0.3, -0.25) is 4.79 Å². The molecule has 4 nitrogen and oxygen atoms in total. The average Bonchev–Trinajstić information content (AvgIpc) is 2.86. The van der Waals surface area contributed by atoms with Crippen LogP contribution in [0.3, 0.4) is 0 Å². The smallest absolute Gasteiger partial charge is 0.221 e. The van der Waals surface area contributed by atoms with Crippen LogP contribution < -0.4 is 10.6 Å². The van der Waals surface area contributed by atoms with Gasteiger partial charge in [0.05, 0.1) is 5.54 Å². The van der Waals surface area contributed by atoms with Crippen LogP contribution in [-0.4, -0.2) is 24.0 Å². The maximum atomic E-state index is 12.3. The van der Waals surface area contributed by atoms with Crippen molar-refractivity contribution in [1.82, 2.24) is 15.6 Å². The van der Waals surface area contributed by atoms with E-state index in [1.807, 2.05) is 26.2 Å². The van der Waals surface area contributed by atoms with Crippen LogP contribution in [0.4, 0.5) is 0 Å². The molecule has 1 aliphatic rings. The number of rotatable bonds is 5. The van der Waals surface area contributed by atoms with E-state index in [4.69, 9.17) is 0 Å². The minimum atomic E-state index is -0.388. The second-order valence-electron chi connectivity index (χ2n) is 6.76. The molecular formula is C16H29Cl2N3OS. The summed E-state index contributed by atoms with van der Waals surface area (Å²) in [5.41, 5.74) is 0.625. The molecule has 23 heavy (non-hydrogen) atoms. The number of amides is 1. The minimum Gasteiger partial charge on any atom is -0.345 e. The van der Waals surface area contributed by atoms with Crippen molar-refractivity contribution < 1.29 is 4.79 Å². The molecule has 0 aromatic carbocycles. The van der Waals surface area contributed by atoms with Gasteiger partial charge >= 0.3 is 0 Å². The first-order chi connectivity index (χ1) is 9.88. The van der Waals surface area contributed by atoms with Gasteiger partial charge in [0, 0.05) is 17.5 Å². The van der Waals surface area contributed by atoms with E-state index in [1.165, 1.54) is 12.8 Å². The summed E-state index contributed by atoms with van der Waals surface area (Å²) in [5.74, 6) is 1.17. The number of carbonyl (C=O) groups is 1. The van der Waals surface area contributed by atoms with Gasteiger partial charge in [0.25, 0.3) is 0 Å². The fourth-order valence-corrected chi connectivity index (χ4v) is 3.79. The summed E-state index contributed by atoms with van der Waals surface area (Å²) in [6, 6.07) is 0. The van der Waals surface area contributed by atoms with Gasteiger partial charge in [-0.25, -0.2) is 4.98 Å². The van der Waals surface area contributed by atoms with Gasteiger partial charge in [0.1, 0.15) is 5.01 Å². The van der Waals surface area contributed by atoms with Crippen LogP contribution in [0.1, 0.15) is 50.7 Å². The number of hydrogen-bond acceptors (Lipinski definition) is 4. The minimum absolute atomic E-state index is 0. The first-order valence-electron chi connectivity index (χ1n) is 7.83. The fraction of sp³-hybridized carbons (Fsp3) is 0.750. The molecule has 2 atom stereocenters. The predicted octanol–water partition coefficient (Wildman–Crippen LogP) is 3.67. The Morgan fingerprint density at radius 1 is 1.52 bits per heavy atom. The maximum absolute atomic E-state index is 12.3. The Hall–Kier alpha value is -0.360. The summed E-state index contributed by atoms with van der Waals surface area (Å²) in [4.78, 5) is 16.8. The number of nitrogens with zero attached hydrogens (tertiary/aromatic N) is 1. The number of thiazole rings is 1. The fourth-order valence-electron chi connectivity index (χ4n) is 2.92. The van der Waals surface area contributed by atoms with Crippen molar-refractivity contribution in [3.05, 3.63) is 16.1 Å². The molecule has 0 radical (unpaired) electrons. The lowest BCUT2D eigenvalue weighted by Gasteiger charge is -2.29. The first-order valence-corrected chi connectivity index (χ1v) is 8.71. The number of halogens is 2. The van der Waals surface area contributed by atoms with Crippen molar-refractivity contribution in [2.45, 2.75) is 52.5 Å². The number of aromatic nitrogens is 1. The highest BCUT2D eigenvalue weighted by Gasteiger charge is 2.28. The summed E-state index contributed by atoms with van der Waals surface area (Å²) in [7, 11) is 0. The Balaban J connectivity index is 0.00000242. The Morgan fingerprint density at radius 2 is 2.22 bits per heavy atom. The first kappa shape index (κ1) is 22.6. The summed E-state index contributed by atoms with van der Waals surface area (Å²) >= 11 is 1.61. The summed E-state index contributed by atoms with van der Waals surface area (Å²) < 4.78 is 0. The van der Waals surface area contributed by atoms with Gasteiger partial charge in [0.2, 0.25) is 5.91 Å². The molecule has 1 amide bonds. The van der Waals surface area contributed by atoms with Crippen molar-refractivity contribution >= 4 is 42.1 Å². The highest BCUT2D eigenvalue weighted by Crippen LogP contribution is 2.26. The molecule has 2 unspecified atom stereocenters. The lowest BCUT2D eigenvalue weighted by Crippen LogP contribution is -2.42. The van der Waals surface area contributed by atoms with Crippen LogP contribution in [0.2, 0.25) is 0 Å². The second kappa shape index (κ2) is 9.82. The van der Waals surface area contributed by atoms with E-state index in [-0.39, 0.29) is 36.3 Å². The van der Waals surface area contributed by atoms with Crippen LogP contribution in [0.25, 0.3) is 0 Å². The standard InChI is InChI=1S/C16H27N3OS.2ClH/c1-11(13-6-5-7-17-9-13)8-14(20)19-16(3,4)15-18-12(2)10-21-15;;/h10-11,13,17H,5-9H2,1-4H3,(H,19,20);2*1H. The number of piperidine rings is 1. The number of hydrogen-bond donors (Lipinski definition) is 2. The second-order valence-corrected chi connectivity index (χ2v) is 7.61. The molecule has 2 rings (SSSR count). The zero-order valence-corrected chi connectivity index (χ0v) is 16.8. The largest absolute Gasteiger partial charge is 0.345 e. The molecule has 0 spiro atoms. The topological polar surface area (TPSA) is 54.0 Å². The van der Waals surface area contributed by atoms with E-state index in [9.17, 15) is 4.79 Å². The number of carbonyl (C=O) groups excluding carboxylic acids is 1. The third-order valence-electron chi connectivity index (χ3n) is 4.25. The predicted molar refractivity (Wildman–Crippen MR) is 102 cm³/mol. The normalized spacial score (nSPS) is 19.2. The van der Waals surface area contributed by atoms with Gasteiger partial charge in [0.15, 0.2) is 0 Å². The average molecular weight is 382 g/mol.